The minimum atomic E-state index is -0.719. The van der Waals surface area contributed by atoms with Crippen molar-refractivity contribution in [2.24, 2.45) is 23.7 Å². The van der Waals surface area contributed by atoms with Gasteiger partial charge in [0.1, 0.15) is 6.04 Å². The van der Waals surface area contributed by atoms with Crippen LogP contribution in [0.2, 0.25) is 0 Å². The van der Waals surface area contributed by atoms with Crippen molar-refractivity contribution in [3.63, 3.8) is 0 Å². The van der Waals surface area contributed by atoms with Crippen LogP contribution in [0.5, 0.6) is 0 Å². The summed E-state index contributed by atoms with van der Waals surface area (Å²) in [6.07, 6.45) is 2.60. The number of nitrogens with two attached hydrogens (primary N) is 1. The first-order valence-corrected chi connectivity index (χ1v) is 19.2. The highest BCUT2D eigenvalue weighted by atomic mass is 16.5. The molecule has 12 heteroatoms. The number of nitrogens with zero attached hydrogens (tertiary/aromatic N) is 2. The molecule has 5 N–H and O–H groups in total. The molecule has 52 heavy (non-hydrogen) atoms. The second kappa shape index (κ2) is 21.6. The number of benzene rings is 1. The number of rotatable bonds is 22. The standard InChI is InChI=1S/C40H70N6O6/c1-13-25(5)34(44-39(49)35(24(3)4)45(8)9)40(50)46(10)36(26(6)14-2)33(51-11)23-32(47)30-19-20-31(43-30)37(52-12)27(7)38(48)42-22-21-28-15-17-29(41)18-16-28/h15-18,24-27,30-31,33-37,43H,13-14,19-23,41H2,1-12H3,(H,42,48)(H,44,49). The number of ketones is 1. The van der Waals surface area contributed by atoms with Crippen LogP contribution in [0.15, 0.2) is 24.3 Å². The Morgan fingerprint density at radius 2 is 1.52 bits per heavy atom. The topological polar surface area (TPSA) is 155 Å². The number of hydrogen-bond acceptors (Lipinski definition) is 9. The highest BCUT2D eigenvalue weighted by molar-refractivity contribution is 5.90. The molecule has 0 bridgehead atoms. The summed E-state index contributed by atoms with van der Waals surface area (Å²) in [4.78, 5) is 58.3. The molecule has 296 valence electrons. The van der Waals surface area contributed by atoms with E-state index in [9.17, 15) is 19.2 Å². The molecule has 1 aliphatic rings. The molecule has 12 nitrogen and oxygen atoms in total. The van der Waals surface area contributed by atoms with Crippen molar-refractivity contribution in [1.29, 1.82) is 0 Å². The lowest BCUT2D eigenvalue weighted by molar-refractivity contribution is -0.145. The van der Waals surface area contributed by atoms with Crippen molar-refractivity contribution >= 4 is 29.2 Å². The smallest absolute Gasteiger partial charge is 0.245 e. The third kappa shape index (κ3) is 12.2. The lowest BCUT2D eigenvalue weighted by Crippen LogP contribution is -2.59. The van der Waals surface area contributed by atoms with E-state index in [1.165, 1.54) is 0 Å². The molecule has 1 aliphatic heterocycles. The van der Waals surface area contributed by atoms with E-state index in [0.29, 0.717) is 37.9 Å². The van der Waals surface area contributed by atoms with Crippen LogP contribution in [0.1, 0.15) is 86.1 Å². The summed E-state index contributed by atoms with van der Waals surface area (Å²) in [5.41, 5.74) is 7.57. The average Bonchev–Trinajstić information content (AvgIpc) is 3.60. The Hall–Kier alpha value is -3.06. The van der Waals surface area contributed by atoms with Gasteiger partial charge in [0.25, 0.3) is 0 Å². The lowest BCUT2D eigenvalue weighted by Gasteiger charge is -2.40. The number of carbonyl (C=O) groups is 4. The fourth-order valence-electron chi connectivity index (χ4n) is 7.67. The van der Waals surface area contributed by atoms with Gasteiger partial charge in [-0.2, -0.15) is 0 Å². The van der Waals surface area contributed by atoms with Crippen molar-refractivity contribution in [3.05, 3.63) is 29.8 Å². The zero-order valence-corrected chi connectivity index (χ0v) is 34.0. The van der Waals surface area contributed by atoms with Crippen LogP contribution in [0, 0.1) is 23.7 Å². The SMILES string of the molecule is CCC(C)C(NC(=O)C(C(C)C)N(C)C)C(=O)N(C)C(C(C)CC)C(CC(=O)C1CCC(C(OC)C(C)C(=O)NCCc2ccc(N)cc2)N1)OC. The molecular weight excluding hydrogens is 660 g/mol. The van der Waals surface area contributed by atoms with Gasteiger partial charge in [-0.3, -0.25) is 24.1 Å². The normalized spacial score (nSPS) is 20.7. The molecule has 3 amide bonds. The van der Waals surface area contributed by atoms with E-state index in [2.05, 4.69) is 29.8 Å². The number of Topliss-reactive ketones (excluding diaryl/α,β-unsaturated/α-hetero) is 1. The van der Waals surface area contributed by atoms with Gasteiger partial charge in [-0.05, 0) is 68.8 Å². The van der Waals surface area contributed by atoms with Gasteiger partial charge in [0.15, 0.2) is 5.78 Å². The maximum Gasteiger partial charge on any atom is 0.245 e. The summed E-state index contributed by atoms with van der Waals surface area (Å²) in [5.74, 6) is -0.921. The molecule has 0 radical (unpaired) electrons. The quantitative estimate of drug-likeness (QED) is 0.131. The van der Waals surface area contributed by atoms with Gasteiger partial charge in [-0.25, -0.2) is 0 Å². The van der Waals surface area contributed by atoms with Crippen LogP contribution in [-0.2, 0) is 35.1 Å². The Kier molecular flexibility index (Phi) is 18.7. The molecule has 0 aliphatic carbocycles. The van der Waals surface area contributed by atoms with Crippen LogP contribution in [0.4, 0.5) is 5.69 Å². The number of nitrogen functional groups attached to an aromatic ring is 1. The second-order valence-corrected chi connectivity index (χ2v) is 15.5. The first kappa shape index (κ1) is 45.1. The van der Waals surface area contributed by atoms with Crippen LogP contribution < -0.4 is 21.7 Å². The summed E-state index contributed by atoms with van der Waals surface area (Å²) in [7, 11) is 8.69. The molecule has 1 aromatic carbocycles. The van der Waals surface area contributed by atoms with E-state index in [4.69, 9.17) is 15.2 Å². The van der Waals surface area contributed by atoms with Crippen molar-refractivity contribution in [2.45, 2.75) is 129 Å². The maximum atomic E-state index is 14.3. The summed E-state index contributed by atoms with van der Waals surface area (Å²) >= 11 is 0. The van der Waals surface area contributed by atoms with Gasteiger partial charge in [0, 0.05) is 46.0 Å². The zero-order valence-electron chi connectivity index (χ0n) is 34.0. The van der Waals surface area contributed by atoms with Crippen molar-refractivity contribution in [3.8, 4) is 0 Å². The molecule has 2 rings (SSSR count). The molecule has 0 spiro atoms. The van der Waals surface area contributed by atoms with Crippen LogP contribution in [0.3, 0.4) is 0 Å². The molecule has 1 fully saturated rings. The van der Waals surface area contributed by atoms with E-state index in [0.717, 1.165) is 12.0 Å². The molecule has 0 aromatic heterocycles. The van der Waals surface area contributed by atoms with Crippen LogP contribution >= 0.6 is 0 Å². The van der Waals surface area contributed by atoms with Crippen molar-refractivity contribution in [2.75, 3.05) is 47.6 Å². The van der Waals surface area contributed by atoms with Crippen LogP contribution in [0.25, 0.3) is 0 Å². The Bertz CT molecular complexity index is 1270. The number of amides is 3. The number of hydrogen-bond donors (Lipinski definition) is 4. The minimum absolute atomic E-state index is 0.00325. The molecule has 1 heterocycles. The van der Waals surface area contributed by atoms with E-state index in [1.807, 2.05) is 77.9 Å². The first-order valence-electron chi connectivity index (χ1n) is 19.2. The Balaban J connectivity index is 2.13. The first-order chi connectivity index (χ1) is 24.5. The summed E-state index contributed by atoms with van der Waals surface area (Å²) in [6.45, 7) is 14.5. The van der Waals surface area contributed by atoms with Gasteiger partial charge >= 0.3 is 0 Å². The van der Waals surface area contributed by atoms with Gasteiger partial charge < -0.3 is 36.1 Å². The third-order valence-electron chi connectivity index (χ3n) is 11.2. The predicted octanol–water partition coefficient (Wildman–Crippen LogP) is 3.66. The summed E-state index contributed by atoms with van der Waals surface area (Å²) < 4.78 is 11.8. The molecule has 10 unspecified atom stereocenters. The Morgan fingerprint density at radius 3 is 2.04 bits per heavy atom. The predicted molar refractivity (Wildman–Crippen MR) is 208 cm³/mol. The number of anilines is 1. The molecule has 1 aromatic rings. The number of carbonyl (C=O) groups excluding carboxylic acids is 4. The summed E-state index contributed by atoms with van der Waals surface area (Å²) in [6, 6.07) is 5.51. The Morgan fingerprint density at radius 1 is 0.904 bits per heavy atom. The average molecular weight is 731 g/mol. The van der Waals surface area contributed by atoms with E-state index < -0.39 is 36.3 Å². The minimum Gasteiger partial charge on any atom is -0.399 e. The van der Waals surface area contributed by atoms with E-state index >= 15 is 0 Å². The Labute approximate surface area is 313 Å². The van der Waals surface area contributed by atoms with Crippen molar-refractivity contribution in [1.82, 2.24) is 25.8 Å². The maximum absolute atomic E-state index is 14.3. The highest BCUT2D eigenvalue weighted by Gasteiger charge is 2.42. The van der Waals surface area contributed by atoms with Gasteiger partial charge in [0.2, 0.25) is 17.7 Å². The van der Waals surface area contributed by atoms with Crippen molar-refractivity contribution < 1.29 is 28.7 Å². The largest absolute Gasteiger partial charge is 0.399 e. The monoisotopic (exact) mass is 731 g/mol. The van der Waals surface area contributed by atoms with Gasteiger partial charge in [0.05, 0.1) is 36.3 Å². The number of likely N-dealkylation sites (N-methyl/N-ethyl adjacent to an activating group) is 2. The number of nitrogens with one attached hydrogen (secondary N) is 3. The second-order valence-electron chi connectivity index (χ2n) is 15.5. The molecule has 0 saturated carbocycles. The van der Waals surface area contributed by atoms with E-state index in [-0.39, 0.29) is 59.8 Å². The van der Waals surface area contributed by atoms with E-state index in [1.54, 1.807) is 26.2 Å². The zero-order chi connectivity index (χ0) is 39.3. The highest BCUT2D eigenvalue weighted by Crippen LogP contribution is 2.27. The molecule has 10 atom stereocenters. The number of ether oxygens (including phenoxy) is 2. The molecule has 1 saturated heterocycles. The van der Waals surface area contributed by atoms with Gasteiger partial charge in [-0.15, -0.1) is 0 Å². The van der Waals surface area contributed by atoms with Crippen LogP contribution in [-0.4, -0.2) is 118 Å². The molecular formula is C40H70N6O6. The third-order valence-corrected chi connectivity index (χ3v) is 11.2. The fourth-order valence-corrected chi connectivity index (χ4v) is 7.67. The summed E-state index contributed by atoms with van der Waals surface area (Å²) in [5, 5.41) is 9.58. The van der Waals surface area contributed by atoms with Gasteiger partial charge in [-0.1, -0.05) is 73.4 Å². The number of methoxy groups -OCH3 is 2. The lowest BCUT2D eigenvalue weighted by atomic mass is 9.87. The fraction of sp³-hybridized carbons (Fsp3) is 0.750.